The Morgan fingerprint density at radius 3 is 2.92 bits per heavy atom. The molecule has 24 heavy (non-hydrogen) atoms. The molecule has 3 rings (SSSR count). The van der Waals surface area contributed by atoms with Crippen LogP contribution in [0.4, 0.5) is 0 Å². The predicted octanol–water partition coefficient (Wildman–Crippen LogP) is 3.53. The number of nitrogens with zero attached hydrogens (tertiary/aromatic N) is 1. The van der Waals surface area contributed by atoms with E-state index in [0.29, 0.717) is 4.99 Å². The molecule has 1 saturated carbocycles. The number of benzene rings is 1. The first-order valence-corrected chi connectivity index (χ1v) is 8.73. The number of rotatable bonds is 3. The van der Waals surface area contributed by atoms with Crippen molar-refractivity contribution < 1.29 is 9.53 Å². The second-order valence-electron chi connectivity index (χ2n) is 6.31. The van der Waals surface area contributed by atoms with Gasteiger partial charge in [0, 0.05) is 25.6 Å². The van der Waals surface area contributed by atoms with Gasteiger partial charge in [-0.15, -0.1) is 0 Å². The molecule has 0 bridgehead atoms. The van der Waals surface area contributed by atoms with Crippen LogP contribution in [0.2, 0.25) is 0 Å². The van der Waals surface area contributed by atoms with Crippen LogP contribution >= 0.6 is 12.2 Å². The number of carbonyl (C=O) groups is 1. The van der Waals surface area contributed by atoms with E-state index in [4.69, 9.17) is 17.0 Å². The third kappa shape index (κ3) is 2.88. The zero-order chi connectivity index (χ0) is 17.2. The van der Waals surface area contributed by atoms with Crippen molar-refractivity contribution in [2.24, 2.45) is 0 Å². The quantitative estimate of drug-likeness (QED) is 0.683. The lowest BCUT2D eigenvalue weighted by atomic mass is 9.67. The molecule has 1 aromatic heterocycles. The highest BCUT2D eigenvalue weighted by Gasteiger charge is 2.48. The van der Waals surface area contributed by atoms with Crippen LogP contribution in [0, 0.1) is 0 Å². The minimum Gasteiger partial charge on any atom is -0.461 e. The lowest BCUT2D eigenvalue weighted by Crippen LogP contribution is -2.53. The Hall–Kier alpha value is -2.01. The molecule has 1 aromatic carbocycles. The van der Waals surface area contributed by atoms with Gasteiger partial charge in [0.2, 0.25) is 0 Å². The normalized spacial score (nSPS) is 23.7. The minimum absolute atomic E-state index is 0.258. The highest BCUT2D eigenvalue weighted by Crippen LogP contribution is 2.42. The molecular weight excluding hydrogens is 320 g/mol. The molecule has 5 heteroatoms. The molecule has 0 saturated heterocycles. The summed E-state index contributed by atoms with van der Waals surface area (Å²) in [5.74, 6) is -0.265. The number of pyridine rings is 1. The smallest absolute Gasteiger partial charge is 0.302 e. The van der Waals surface area contributed by atoms with E-state index < -0.39 is 5.41 Å². The fourth-order valence-corrected chi connectivity index (χ4v) is 4.11. The highest BCUT2D eigenvalue weighted by atomic mass is 32.1. The van der Waals surface area contributed by atoms with Gasteiger partial charge in [-0.05, 0) is 37.0 Å². The number of nitrogens with one attached hydrogen (secondary N) is 1. The maximum Gasteiger partial charge on any atom is 0.302 e. The Morgan fingerprint density at radius 2 is 2.17 bits per heavy atom. The van der Waals surface area contributed by atoms with E-state index in [-0.39, 0.29) is 12.1 Å². The Balaban J connectivity index is 2.15. The molecule has 2 atom stereocenters. The van der Waals surface area contributed by atoms with E-state index in [1.54, 1.807) is 0 Å². The second kappa shape index (κ2) is 6.85. The molecule has 0 amide bonds. The lowest BCUT2D eigenvalue weighted by Gasteiger charge is -2.43. The third-order valence-electron chi connectivity index (χ3n) is 4.88. The lowest BCUT2D eigenvalue weighted by molar-refractivity contribution is -0.150. The Kier molecular flexibility index (Phi) is 4.81. The summed E-state index contributed by atoms with van der Waals surface area (Å²) in [6.45, 7) is 1.46. The van der Waals surface area contributed by atoms with Crippen molar-refractivity contribution in [3.63, 3.8) is 0 Å². The summed E-state index contributed by atoms with van der Waals surface area (Å²) in [6.07, 6.45) is 5.37. The number of thiocarbonyl (C=S) groups is 1. The molecular formula is C19H22N2O2S. The SMILES string of the molecule is CNC(=S)[C@@]1(c2cnc3ccccc3c2)CCCC[C@@H]1OC(C)=O. The fraction of sp³-hybridized carbons (Fsp3) is 0.421. The maximum absolute atomic E-state index is 11.7. The number of ether oxygens (including phenoxy) is 1. The monoisotopic (exact) mass is 342 g/mol. The summed E-state index contributed by atoms with van der Waals surface area (Å²) in [6, 6.07) is 10.2. The average Bonchev–Trinajstić information content (AvgIpc) is 2.60. The van der Waals surface area contributed by atoms with Crippen molar-refractivity contribution >= 4 is 34.1 Å². The van der Waals surface area contributed by atoms with E-state index in [0.717, 1.165) is 42.1 Å². The Morgan fingerprint density at radius 1 is 1.38 bits per heavy atom. The van der Waals surface area contributed by atoms with Crippen LogP contribution in [-0.4, -0.2) is 29.1 Å². The molecule has 1 N–H and O–H groups in total. The first kappa shape index (κ1) is 16.8. The average molecular weight is 342 g/mol. The van der Waals surface area contributed by atoms with Crippen LogP contribution in [-0.2, 0) is 14.9 Å². The van der Waals surface area contributed by atoms with Gasteiger partial charge in [0.25, 0.3) is 0 Å². The van der Waals surface area contributed by atoms with Crippen LogP contribution in [0.3, 0.4) is 0 Å². The summed E-state index contributed by atoms with van der Waals surface area (Å²) in [5.41, 5.74) is 1.46. The summed E-state index contributed by atoms with van der Waals surface area (Å²) < 4.78 is 5.70. The topological polar surface area (TPSA) is 51.2 Å². The van der Waals surface area contributed by atoms with E-state index >= 15 is 0 Å². The summed E-state index contributed by atoms with van der Waals surface area (Å²) in [7, 11) is 1.83. The number of likely N-dealkylation sites (N-methyl/N-ethyl adjacent to an activating group) is 1. The van der Waals surface area contributed by atoms with E-state index in [9.17, 15) is 4.79 Å². The third-order valence-corrected chi connectivity index (χ3v) is 5.45. The van der Waals surface area contributed by atoms with Gasteiger partial charge in [0.1, 0.15) is 6.10 Å². The number of esters is 1. The number of carbonyl (C=O) groups excluding carboxylic acids is 1. The molecule has 0 aliphatic heterocycles. The first-order valence-electron chi connectivity index (χ1n) is 8.32. The van der Waals surface area contributed by atoms with Gasteiger partial charge in [0.05, 0.1) is 15.9 Å². The van der Waals surface area contributed by atoms with Crippen molar-refractivity contribution in [3.8, 4) is 0 Å². The van der Waals surface area contributed by atoms with Gasteiger partial charge in [0.15, 0.2) is 0 Å². The van der Waals surface area contributed by atoms with Gasteiger partial charge in [-0.2, -0.15) is 0 Å². The zero-order valence-corrected chi connectivity index (χ0v) is 14.9. The first-order chi connectivity index (χ1) is 11.6. The fourth-order valence-electron chi connectivity index (χ4n) is 3.76. The van der Waals surface area contributed by atoms with E-state index in [1.807, 2.05) is 37.5 Å². The van der Waals surface area contributed by atoms with Crippen molar-refractivity contribution in [2.45, 2.75) is 44.1 Å². The van der Waals surface area contributed by atoms with Gasteiger partial charge >= 0.3 is 5.97 Å². The molecule has 0 spiro atoms. The molecule has 1 aliphatic carbocycles. The summed E-state index contributed by atoms with van der Waals surface area (Å²) >= 11 is 5.69. The van der Waals surface area contributed by atoms with Crippen LogP contribution in [0.1, 0.15) is 38.2 Å². The maximum atomic E-state index is 11.7. The molecule has 126 valence electrons. The van der Waals surface area contributed by atoms with Crippen LogP contribution < -0.4 is 5.32 Å². The van der Waals surface area contributed by atoms with E-state index in [2.05, 4.69) is 16.4 Å². The zero-order valence-electron chi connectivity index (χ0n) is 14.0. The van der Waals surface area contributed by atoms with Gasteiger partial charge in [-0.25, -0.2) is 0 Å². The van der Waals surface area contributed by atoms with Gasteiger partial charge < -0.3 is 10.1 Å². The van der Waals surface area contributed by atoms with Crippen molar-refractivity contribution in [2.75, 3.05) is 7.05 Å². The number of aromatic nitrogens is 1. The highest BCUT2D eigenvalue weighted by molar-refractivity contribution is 7.80. The Labute approximate surface area is 147 Å². The molecule has 0 radical (unpaired) electrons. The van der Waals surface area contributed by atoms with Gasteiger partial charge in [-0.3, -0.25) is 9.78 Å². The molecule has 1 fully saturated rings. The van der Waals surface area contributed by atoms with Gasteiger partial charge in [-0.1, -0.05) is 36.8 Å². The second-order valence-corrected chi connectivity index (χ2v) is 6.72. The minimum atomic E-state index is -0.509. The number of fused-ring (bicyclic) bond motifs is 1. The van der Waals surface area contributed by atoms with Crippen molar-refractivity contribution in [1.29, 1.82) is 0 Å². The van der Waals surface area contributed by atoms with Crippen LogP contribution in [0.15, 0.2) is 36.5 Å². The van der Waals surface area contributed by atoms with Crippen molar-refractivity contribution in [1.82, 2.24) is 10.3 Å². The molecule has 1 aliphatic rings. The predicted molar refractivity (Wildman–Crippen MR) is 99.1 cm³/mol. The molecule has 0 unspecified atom stereocenters. The number of hydrogen-bond donors (Lipinski definition) is 1. The van der Waals surface area contributed by atoms with Crippen LogP contribution in [0.5, 0.6) is 0 Å². The molecule has 4 nitrogen and oxygen atoms in total. The largest absolute Gasteiger partial charge is 0.461 e. The molecule has 1 heterocycles. The van der Waals surface area contributed by atoms with Crippen molar-refractivity contribution in [3.05, 3.63) is 42.1 Å². The summed E-state index contributed by atoms with van der Waals surface area (Å²) in [4.78, 5) is 17.0. The van der Waals surface area contributed by atoms with Crippen LogP contribution in [0.25, 0.3) is 10.9 Å². The van der Waals surface area contributed by atoms with E-state index in [1.165, 1.54) is 6.92 Å². The number of para-hydroxylation sites is 1. The standard InChI is InChI=1S/C19H22N2O2S/c1-13(22)23-17-9-5-6-10-19(17,18(24)20-2)15-11-14-7-3-4-8-16(14)21-12-15/h3-4,7-8,11-12,17H,5-6,9-10H2,1-2H3,(H,20,24)/t17-,19+/m0/s1. The number of hydrogen-bond acceptors (Lipinski definition) is 4. The Bertz CT molecular complexity index is 777. The summed E-state index contributed by atoms with van der Waals surface area (Å²) in [5, 5.41) is 4.21. The molecule has 2 aromatic rings.